The van der Waals surface area contributed by atoms with Crippen LogP contribution < -0.4 is 10.6 Å². The van der Waals surface area contributed by atoms with Crippen molar-refractivity contribution in [3.05, 3.63) is 66.2 Å². The summed E-state index contributed by atoms with van der Waals surface area (Å²) >= 11 is 0. The molecule has 27 heavy (non-hydrogen) atoms. The standard InChI is InChI=1S/C20H23N4O2S/c1-13-7-8-17-16(11-13)19(14(2)21)23-20(22-17)24-9-10-27(25,26)18-6-4-3-5-15(18)12-24/h3-8,11,14,25-26H,2,9-10,12,21H2,1H3. The number of aromatic nitrogens is 2. The second kappa shape index (κ2) is 6.76. The zero-order valence-corrected chi connectivity index (χ0v) is 16.0. The summed E-state index contributed by atoms with van der Waals surface area (Å²) in [6.07, 6.45) is 0. The quantitative estimate of drug-likeness (QED) is 0.621. The molecule has 1 radical (unpaired) electrons. The maximum absolute atomic E-state index is 10.6. The highest BCUT2D eigenvalue weighted by Crippen LogP contribution is 2.51. The minimum atomic E-state index is -2.83. The Kier molecular flexibility index (Phi) is 4.55. The Hall–Kier alpha value is -2.19. The molecule has 0 bridgehead atoms. The first-order valence-corrected chi connectivity index (χ1v) is 10.5. The summed E-state index contributed by atoms with van der Waals surface area (Å²) in [7, 11) is -2.83. The molecule has 3 aromatic rings. The molecule has 1 aromatic heterocycles. The molecule has 6 nitrogen and oxygen atoms in total. The van der Waals surface area contributed by atoms with Crippen LogP contribution in [0.25, 0.3) is 10.9 Å². The first-order valence-electron chi connectivity index (χ1n) is 8.81. The van der Waals surface area contributed by atoms with Crippen LogP contribution in [0.3, 0.4) is 0 Å². The van der Waals surface area contributed by atoms with Crippen LogP contribution >= 0.6 is 10.6 Å². The van der Waals surface area contributed by atoms with Gasteiger partial charge in [0, 0.05) is 24.5 Å². The van der Waals surface area contributed by atoms with E-state index in [1.807, 2.05) is 48.2 Å². The van der Waals surface area contributed by atoms with E-state index in [0.717, 1.165) is 22.0 Å². The molecule has 141 valence electrons. The number of rotatable bonds is 2. The fourth-order valence-corrected chi connectivity index (χ4v) is 4.98. The molecule has 0 fully saturated rings. The van der Waals surface area contributed by atoms with Gasteiger partial charge in [-0.25, -0.2) is 9.97 Å². The van der Waals surface area contributed by atoms with Gasteiger partial charge in [-0.2, -0.15) is 10.6 Å². The maximum Gasteiger partial charge on any atom is 0.226 e. The van der Waals surface area contributed by atoms with Gasteiger partial charge < -0.3 is 10.6 Å². The van der Waals surface area contributed by atoms with Gasteiger partial charge in [0.2, 0.25) is 5.95 Å². The number of aryl methyl sites for hydroxylation is 1. The number of nitrogens with zero attached hydrogens (tertiary/aromatic N) is 3. The van der Waals surface area contributed by atoms with Crippen molar-refractivity contribution in [2.75, 3.05) is 17.2 Å². The molecule has 0 saturated heterocycles. The van der Waals surface area contributed by atoms with E-state index in [1.165, 1.54) is 0 Å². The first kappa shape index (κ1) is 18.2. The molecule has 0 aliphatic carbocycles. The van der Waals surface area contributed by atoms with Crippen LogP contribution in [0.5, 0.6) is 0 Å². The average molecular weight is 383 g/mol. The number of nitrogens with two attached hydrogens (primary N) is 1. The summed E-state index contributed by atoms with van der Waals surface area (Å²) in [5.74, 6) is 0.776. The lowest BCUT2D eigenvalue weighted by molar-refractivity contribution is 0.488. The van der Waals surface area contributed by atoms with E-state index in [0.29, 0.717) is 29.6 Å². The van der Waals surface area contributed by atoms with Gasteiger partial charge in [0.15, 0.2) is 0 Å². The van der Waals surface area contributed by atoms with E-state index in [4.69, 9.17) is 15.7 Å². The average Bonchev–Trinajstić information content (AvgIpc) is 2.77. The molecule has 1 unspecified atom stereocenters. The van der Waals surface area contributed by atoms with Gasteiger partial charge in [-0.1, -0.05) is 29.8 Å². The van der Waals surface area contributed by atoms with Crippen molar-refractivity contribution >= 4 is 27.4 Å². The topological polar surface area (TPSA) is 95.5 Å². The highest BCUT2D eigenvalue weighted by Gasteiger charge is 2.27. The van der Waals surface area contributed by atoms with Gasteiger partial charge in [-0.3, -0.25) is 9.11 Å². The molecule has 1 atom stereocenters. The predicted molar refractivity (Wildman–Crippen MR) is 110 cm³/mol. The number of fused-ring (bicyclic) bond motifs is 2. The lowest BCUT2D eigenvalue weighted by atomic mass is 10.1. The van der Waals surface area contributed by atoms with Gasteiger partial charge >= 0.3 is 0 Å². The molecular weight excluding hydrogens is 360 g/mol. The van der Waals surface area contributed by atoms with E-state index in [1.54, 1.807) is 6.07 Å². The van der Waals surface area contributed by atoms with Crippen molar-refractivity contribution in [2.45, 2.75) is 24.4 Å². The zero-order chi connectivity index (χ0) is 19.2. The third-order valence-corrected chi connectivity index (χ3v) is 6.69. The Balaban J connectivity index is 1.82. The van der Waals surface area contributed by atoms with Crippen molar-refractivity contribution in [3.8, 4) is 0 Å². The minimum Gasteiger partial charge on any atom is -0.335 e. The van der Waals surface area contributed by atoms with E-state index >= 15 is 0 Å². The minimum absolute atomic E-state index is 0.241. The molecular formula is C20H23N4O2S. The van der Waals surface area contributed by atoms with Crippen molar-refractivity contribution in [3.63, 3.8) is 0 Å². The summed E-state index contributed by atoms with van der Waals surface area (Å²) in [5, 5.41) is 0.903. The van der Waals surface area contributed by atoms with Gasteiger partial charge in [0.1, 0.15) is 0 Å². The van der Waals surface area contributed by atoms with Gasteiger partial charge in [-0.05, 0) is 37.6 Å². The SMILES string of the molecule is [CH2]C(N)c1nc(N2CCS(O)(O)c3ccccc3C2)nc2ccc(C)cc12. The van der Waals surface area contributed by atoms with E-state index in [2.05, 4.69) is 6.92 Å². The van der Waals surface area contributed by atoms with Crippen LogP contribution in [-0.2, 0) is 6.54 Å². The highest BCUT2D eigenvalue weighted by atomic mass is 32.3. The first-order chi connectivity index (χ1) is 12.8. The van der Waals surface area contributed by atoms with Crippen LogP contribution in [0.4, 0.5) is 5.95 Å². The Labute approximate surface area is 160 Å². The molecule has 4 N–H and O–H groups in total. The summed E-state index contributed by atoms with van der Waals surface area (Å²) in [5.41, 5.74) is 9.58. The van der Waals surface area contributed by atoms with E-state index < -0.39 is 16.6 Å². The number of anilines is 1. The van der Waals surface area contributed by atoms with Crippen molar-refractivity contribution in [1.82, 2.24) is 9.97 Å². The Morgan fingerprint density at radius 3 is 2.74 bits per heavy atom. The monoisotopic (exact) mass is 383 g/mol. The molecule has 0 amide bonds. The molecule has 0 saturated carbocycles. The number of hydrogen-bond donors (Lipinski definition) is 3. The smallest absolute Gasteiger partial charge is 0.226 e. The molecule has 7 heteroatoms. The Morgan fingerprint density at radius 2 is 1.96 bits per heavy atom. The van der Waals surface area contributed by atoms with Gasteiger partial charge in [-0.15, -0.1) is 0 Å². The van der Waals surface area contributed by atoms with Gasteiger partial charge in [0.05, 0.1) is 21.9 Å². The van der Waals surface area contributed by atoms with Crippen LogP contribution in [-0.4, -0.2) is 31.4 Å². The lowest BCUT2D eigenvalue weighted by Crippen LogP contribution is -2.28. The third kappa shape index (κ3) is 3.39. The van der Waals surface area contributed by atoms with E-state index in [9.17, 15) is 9.11 Å². The molecule has 1 aliphatic rings. The summed E-state index contributed by atoms with van der Waals surface area (Å²) < 4.78 is 21.1. The fourth-order valence-electron chi connectivity index (χ4n) is 3.43. The summed E-state index contributed by atoms with van der Waals surface area (Å²) in [4.78, 5) is 12.0. The lowest BCUT2D eigenvalue weighted by Gasteiger charge is -2.32. The second-order valence-electron chi connectivity index (χ2n) is 6.94. The normalized spacial score (nSPS) is 18.6. The molecule has 2 aromatic carbocycles. The Bertz CT molecular complexity index is 1010. The van der Waals surface area contributed by atoms with Crippen LogP contribution in [0.1, 0.15) is 22.9 Å². The number of hydrogen-bond acceptors (Lipinski definition) is 6. The van der Waals surface area contributed by atoms with Gasteiger partial charge in [0.25, 0.3) is 0 Å². The second-order valence-corrected chi connectivity index (χ2v) is 9.12. The van der Waals surface area contributed by atoms with Crippen LogP contribution in [0.2, 0.25) is 0 Å². The predicted octanol–water partition coefficient (Wildman–Crippen LogP) is 3.90. The fraction of sp³-hybridized carbons (Fsp3) is 0.250. The van der Waals surface area contributed by atoms with Crippen LogP contribution in [0.15, 0.2) is 47.4 Å². The number of benzene rings is 2. The molecule has 2 heterocycles. The highest BCUT2D eigenvalue weighted by molar-refractivity contribution is 8.24. The molecule has 0 spiro atoms. The maximum atomic E-state index is 10.6. The zero-order valence-electron chi connectivity index (χ0n) is 15.2. The Morgan fingerprint density at radius 1 is 1.19 bits per heavy atom. The molecule has 1 aliphatic heterocycles. The van der Waals surface area contributed by atoms with Crippen molar-refractivity contribution in [1.29, 1.82) is 0 Å². The summed E-state index contributed by atoms with van der Waals surface area (Å²) in [6.45, 7) is 6.92. The largest absolute Gasteiger partial charge is 0.335 e. The molecule has 4 rings (SSSR count). The van der Waals surface area contributed by atoms with E-state index in [-0.39, 0.29) is 5.75 Å². The van der Waals surface area contributed by atoms with Crippen molar-refractivity contribution < 1.29 is 9.11 Å². The third-order valence-electron chi connectivity index (χ3n) is 4.83. The summed E-state index contributed by atoms with van der Waals surface area (Å²) in [6, 6.07) is 12.9. The van der Waals surface area contributed by atoms with Crippen LogP contribution in [0, 0.1) is 13.8 Å². The van der Waals surface area contributed by atoms with Crippen molar-refractivity contribution in [2.24, 2.45) is 5.73 Å².